The minimum atomic E-state index is 0.901. The molecule has 0 aliphatic heterocycles. The monoisotopic (exact) mass is 719 g/mol. The molecule has 9 aromatic carbocycles. The van der Waals surface area contributed by atoms with E-state index in [1.807, 2.05) is 11.3 Å². The first-order valence-electron chi connectivity index (χ1n) is 18.7. The molecule has 3 heteroatoms. The van der Waals surface area contributed by atoms with Crippen LogP contribution in [0.1, 0.15) is 0 Å². The van der Waals surface area contributed by atoms with Gasteiger partial charge in [-0.3, -0.25) is 0 Å². The molecular weight excluding hydrogens is 687 g/mol. The third kappa shape index (κ3) is 5.48. The van der Waals surface area contributed by atoms with E-state index in [1.165, 1.54) is 53.2 Å². The average Bonchev–Trinajstić information content (AvgIpc) is 3.81. The van der Waals surface area contributed by atoms with Gasteiger partial charge >= 0.3 is 0 Å². The lowest BCUT2D eigenvalue weighted by Crippen LogP contribution is -2.10. The lowest BCUT2D eigenvalue weighted by atomic mass is 10.0. The van der Waals surface area contributed by atoms with Crippen molar-refractivity contribution in [3.63, 3.8) is 0 Å². The van der Waals surface area contributed by atoms with Crippen molar-refractivity contribution in [3.8, 4) is 33.4 Å². The van der Waals surface area contributed by atoms with Gasteiger partial charge in [0.05, 0.1) is 0 Å². The van der Waals surface area contributed by atoms with Gasteiger partial charge in [-0.2, -0.15) is 0 Å². The summed E-state index contributed by atoms with van der Waals surface area (Å²) in [6, 6.07) is 72.2. The quantitative estimate of drug-likeness (QED) is 0.170. The normalized spacial score (nSPS) is 11.6. The number of nitrogens with zero attached hydrogens (tertiary/aromatic N) is 1. The second kappa shape index (κ2) is 12.9. The highest BCUT2D eigenvalue weighted by Crippen LogP contribution is 2.42. The molecule has 0 atom stereocenters. The van der Waals surface area contributed by atoms with Crippen LogP contribution in [-0.2, 0) is 0 Å². The number of thiophene rings is 1. The molecule has 0 amide bonds. The standard InChI is InChI=1S/C52H33NOS/c1-2-10-34(11-3-1)37-14-8-15-43(30-37)53(42-27-22-36(23-28-42)44-17-9-18-47-46-16-6-7-19-51(46)55-52(44)47)41-25-20-35(21-26-41)40-24-29-45-48-31-38-12-4-5-13-39(38)32-50(48)54-49(45)33-40/h1-33H. The van der Waals surface area contributed by atoms with Crippen molar-refractivity contribution in [1.82, 2.24) is 0 Å². The number of rotatable bonds is 6. The van der Waals surface area contributed by atoms with Crippen LogP contribution >= 0.6 is 11.3 Å². The Labute approximate surface area is 322 Å². The van der Waals surface area contributed by atoms with Gasteiger partial charge in [0.25, 0.3) is 0 Å². The molecule has 2 aromatic heterocycles. The molecule has 0 radical (unpaired) electrons. The van der Waals surface area contributed by atoms with Crippen LogP contribution in [0.15, 0.2) is 205 Å². The molecule has 0 saturated carbocycles. The van der Waals surface area contributed by atoms with Crippen LogP contribution in [0.5, 0.6) is 0 Å². The van der Waals surface area contributed by atoms with Crippen LogP contribution in [-0.4, -0.2) is 0 Å². The molecule has 11 aromatic rings. The van der Waals surface area contributed by atoms with E-state index in [9.17, 15) is 0 Å². The summed E-state index contributed by atoms with van der Waals surface area (Å²) in [5.41, 5.74) is 12.2. The summed E-state index contributed by atoms with van der Waals surface area (Å²) in [5.74, 6) is 0. The highest BCUT2D eigenvalue weighted by molar-refractivity contribution is 7.26. The smallest absolute Gasteiger partial charge is 0.136 e. The molecule has 0 aliphatic carbocycles. The van der Waals surface area contributed by atoms with Crippen molar-refractivity contribution in [2.24, 2.45) is 0 Å². The lowest BCUT2D eigenvalue weighted by Gasteiger charge is -2.26. The maximum atomic E-state index is 6.42. The minimum absolute atomic E-state index is 0.901. The van der Waals surface area contributed by atoms with Crippen LogP contribution < -0.4 is 4.90 Å². The molecule has 0 bridgehead atoms. The Bertz CT molecular complexity index is 3190. The lowest BCUT2D eigenvalue weighted by molar-refractivity contribution is 0.669. The zero-order valence-electron chi connectivity index (χ0n) is 29.8. The fraction of sp³-hybridized carbons (Fsp3) is 0. The molecule has 11 rings (SSSR count). The summed E-state index contributed by atoms with van der Waals surface area (Å²) in [4.78, 5) is 2.35. The van der Waals surface area contributed by atoms with Gasteiger partial charge in [0.2, 0.25) is 0 Å². The highest BCUT2D eigenvalue weighted by atomic mass is 32.1. The van der Waals surface area contributed by atoms with Gasteiger partial charge in [-0.05, 0) is 111 Å². The van der Waals surface area contributed by atoms with Crippen LogP contribution in [0.2, 0.25) is 0 Å². The maximum Gasteiger partial charge on any atom is 0.136 e. The van der Waals surface area contributed by atoms with Crippen molar-refractivity contribution >= 4 is 81.3 Å². The predicted octanol–water partition coefficient (Wildman–Crippen LogP) is 15.6. The van der Waals surface area contributed by atoms with Crippen molar-refractivity contribution < 1.29 is 4.42 Å². The first kappa shape index (κ1) is 31.6. The Morgan fingerprint density at radius 2 is 0.945 bits per heavy atom. The average molecular weight is 720 g/mol. The third-order valence-electron chi connectivity index (χ3n) is 10.9. The van der Waals surface area contributed by atoms with E-state index in [0.717, 1.165) is 50.1 Å². The summed E-state index contributed by atoms with van der Waals surface area (Å²) in [6.07, 6.45) is 0. The number of fused-ring (bicyclic) bond motifs is 7. The Morgan fingerprint density at radius 3 is 1.76 bits per heavy atom. The molecule has 0 N–H and O–H groups in total. The van der Waals surface area contributed by atoms with E-state index >= 15 is 0 Å². The molecule has 0 saturated heterocycles. The number of hydrogen-bond donors (Lipinski definition) is 0. The van der Waals surface area contributed by atoms with Crippen LogP contribution in [0.4, 0.5) is 17.1 Å². The topological polar surface area (TPSA) is 16.4 Å². The van der Waals surface area contributed by atoms with E-state index < -0.39 is 0 Å². The SMILES string of the molecule is c1ccc(-c2cccc(N(c3ccc(-c4ccc5c(c4)oc4cc6ccccc6cc45)cc3)c3ccc(-c4cccc5c4sc4ccccc45)cc3)c2)cc1. The fourth-order valence-corrected chi connectivity index (χ4v) is 9.35. The van der Waals surface area contributed by atoms with Gasteiger partial charge in [-0.1, -0.05) is 133 Å². The number of hydrogen-bond acceptors (Lipinski definition) is 3. The molecule has 0 unspecified atom stereocenters. The fourth-order valence-electron chi connectivity index (χ4n) is 8.11. The van der Waals surface area contributed by atoms with Crippen molar-refractivity contribution in [2.75, 3.05) is 4.90 Å². The van der Waals surface area contributed by atoms with E-state index in [1.54, 1.807) is 0 Å². The zero-order valence-corrected chi connectivity index (χ0v) is 30.6. The summed E-state index contributed by atoms with van der Waals surface area (Å²) in [6.45, 7) is 0. The number of benzene rings is 9. The molecule has 258 valence electrons. The Kier molecular flexibility index (Phi) is 7.39. The molecule has 0 aliphatic rings. The maximum absolute atomic E-state index is 6.42. The number of anilines is 3. The molecule has 0 spiro atoms. The number of furan rings is 1. The molecule has 2 heterocycles. The molecule has 0 fully saturated rings. The second-order valence-electron chi connectivity index (χ2n) is 14.1. The van der Waals surface area contributed by atoms with Crippen molar-refractivity contribution in [2.45, 2.75) is 0 Å². The summed E-state index contributed by atoms with van der Waals surface area (Å²) in [7, 11) is 0. The van der Waals surface area contributed by atoms with Crippen molar-refractivity contribution in [1.29, 1.82) is 0 Å². The van der Waals surface area contributed by atoms with Gasteiger partial charge in [0, 0.05) is 48.0 Å². The summed E-state index contributed by atoms with van der Waals surface area (Å²) < 4.78 is 9.07. The van der Waals surface area contributed by atoms with Gasteiger partial charge in [0.1, 0.15) is 11.2 Å². The molecule has 2 nitrogen and oxygen atoms in total. The summed E-state index contributed by atoms with van der Waals surface area (Å²) >= 11 is 1.87. The molecule has 55 heavy (non-hydrogen) atoms. The van der Waals surface area contributed by atoms with Gasteiger partial charge in [-0.25, -0.2) is 0 Å². The van der Waals surface area contributed by atoms with E-state index in [-0.39, 0.29) is 0 Å². The van der Waals surface area contributed by atoms with E-state index in [0.29, 0.717) is 0 Å². The highest BCUT2D eigenvalue weighted by Gasteiger charge is 2.16. The van der Waals surface area contributed by atoms with Gasteiger partial charge < -0.3 is 9.32 Å². The Hall–Kier alpha value is -6.94. The minimum Gasteiger partial charge on any atom is -0.456 e. The predicted molar refractivity (Wildman–Crippen MR) is 235 cm³/mol. The largest absolute Gasteiger partial charge is 0.456 e. The van der Waals surface area contributed by atoms with Gasteiger partial charge in [-0.15, -0.1) is 11.3 Å². The van der Waals surface area contributed by atoms with Crippen LogP contribution in [0.25, 0.3) is 86.3 Å². The Morgan fingerprint density at radius 1 is 0.345 bits per heavy atom. The van der Waals surface area contributed by atoms with Crippen LogP contribution in [0.3, 0.4) is 0 Å². The second-order valence-corrected chi connectivity index (χ2v) is 15.2. The summed E-state index contributed by atoms with van der Waals surface area (Å²) in [5, 5.41) is 7.33. The van der Waals surface area contributed by atoms with E-state index in [2.05, 4.69) is 205 Å². The first-order valence-corrected chi connectivity index (χ1v) is 19.5. The van der Waals surface area contributed by atoms with Gasteiger partial charge in [0.15, 0.2) is 0 Å². The zero-order chi connectivity index (χ0) is 36.3. The Balaban J connectivity index is 0.984. The molecular formula is C52H33NOS. The van der Waals surface area contributed by atoms with Crippen molar-refractivity contribution in [3.05, 3.63) is 200 Å². The van der Waals surface area contributed by atoms with Crippen LogP contribution in [0, 0.1) is 0 Å². The van der Waals surface area contributed by atoms with E-state index in [4.69, 9.17) is 4.42 Å². The third-order valence-corrected chi connectivity index (χ3v) is 12.1. The first-order chi connectivity index (χ1) is 27.2.